The zero-order chi connectivity index (χ0) is 14.6. The predicted octanol–water partition coefficient (Wildman–Crippen LogP) is 1.93. The summed E-state index contributed by atoms with van der Waals surface area (Å²) in [5.74, 6) is 0.254. The lowest BCUT2D eigenvalue weighted by Crippen LogP contribution is -2.54. The molecule has 120 valence electrons. The Labute approximate surface area is 131 Å². The summed E-state index contributed by atoms with van der Waals surface area (Å²) in [6.07, 6.45) is 0.532. The lowest BCUT2D eigenvalue weighted by atomic mass is 9.85. The summed E-state index contributed by atoms with van der Waals surface area (Å²) >= 11 is 0. The van der Waals surface area contributed by atoms with Gasteiger partial charge in [0.15, 0.2) is 0 Å². The van der Waals surface area contributed by atoms with Crippen molar-refractivity contribution in [2.45, 2.75) is 31.5 Å². The van der Waals surface area contributed by atoms with Gasteiger partial charge in [0.1, 0.15) is 11.6 Å². The minimum absolute atomic E-state index is 0. The standard InChI is InChI=1S/C15H22FNO3.ClH/c1-3-15(18,14-10-17-6-7-20-14)9-11-8-12(16)4-5-13(11)19-2;/h4-5,8,14,17-18H,3,6-7,9-10H2,1-2H3;1H. The summed E-state index contributed by atoms with van der Waals surface area (Å²) in [5, 5.41) is 14.1. The highest BCUT2D eigenvalue weighted by molar-refractivity contribution is 5.85. The maximum absolute atomic E-state index is 13.4. The second kappa shape index (κ2) is 7.94. The van der Waals surface area contributed by atoms with Crippen LogP contribution in [0.5, 0.6) is 5.75 Å². The number of nitrogens with one attached hydrogen (secondary N) is 1. The second-order valence-corrected chi connectivity index (χ2v) is 5.15. The molecule has 0 radical (unpaired) electrons. The number of halogens is 2. The highest BCUT2D eigenvalue weighted by Gasteiger charge is 2.37. The van der Waals surface area contributed by atoms with Crippen molar-refractivity contribution in [3.05, 3.63) is 29.6 Å². The monoisotopic (exact) mass is 319 g/mol. The second-order valence-electron chi connectivity index (χ2n) is 5.15. The van der Waals surface area contributed by atoms with E-state index >= 15 is 0 Å². The van der Waals surface area contributed by atoms with Gasteiger partial charge >= 0.3 is 0 Å². The van der Waals surface area contributed by atoms with Crippen LogP contribution in [0.2, 0.25) is 0 Å². The molecule has 0 amide bonds. The van der Waals surface area contributed by atoms with E-state index in [0.29, 0.717) is 37.3 Å². The Hall–Kier alpha value is -0.880. The molecule has 2 rings (SSSR count). The maximum Gasteiger partial charge on any atom is 0.123 e. The normalized spacial score (nSPS) is 21.2. The van der Waals surface area contributed by atoms with Crippen LogP contribution in [0.25, 0.3) is 0 Å². The Bertz CT molecular complexity index is 455. The zero-order valence-electron chi connectivity index (χ0n) is 12.4. The molecule has 2 unspecified atom stereocenters. The average Bonchev–Trinajstić information content (AvgIpc) is 2.48. The Balaban J connectivity index is 0.00000220. The molecule has 21 heavy (non-hydrogen) atoms. The molecule has 1 heterocycles. The van der Waals surface area contributed by atoms with Crippen molar-refractivity contribution in [1.29, 1.82) is 0 Å². The van der Waals surface area contributed by atoms with Crippen LogP contribution < -0.4 is 10.1 Å². The van der Waals surface area contributed by atoms with Gasteiger partial charge in [-0.25, -0.2) is 4.39 Å². The molecule has 1 aromatic rings. The van der Waals surface area contributed by atoms with E-state index in [1.165, 1.54) is 12.1 Å². The van der Waals surface area contributed by atoms with Crippen LogP contribution in [0.15, 0.2) is 18.2 Å². The van der Waals surface area contributed by atoms with Gasteiger partial charge < -0.3 is 19.9 Å². The van der Waals surface area contributed by atoms with E-state index in [2.05, 4.69) is 5.32 Å². The van der Waals surface area contributed by atoms with Gasteiger partial charge in [-0.15, -0.1) is 12.4 Å². The number of ether oxygens (including phenoxy) is 2. The van der Waals surface area contributed by atoms with Gasteiger partial charge in [0, 0.05) is 19.5 Å². The molecule has 2 N–H and O–H groups in total. The van der Waals surface area contributed by atoms with Gasteiger partial charge in [-0.3, -0.25) is 0 Å². The number of benzene rings is 1. The van der Waals surface area contributed by atoms with Crippen LogP contribution in [-0.4, -0.2) is 43.6 Å². The highest BCUT2D eigenvalue weighted by Crippen LogP contribution is 2.29. The van der Waals surface area contributed by atoms with Crippen molar-refractivity contribution in [3.8, 4) is 5.75 Å². The Morgan fingerprint density at radius 3 is 2.86 bits per heavy atom. The molecule has 1 aliphatic rings. The summed E-state index contributed by atoms with van der Waals surface area (Å²) in [7, 11) is 1.54. The van der Waals surface area contributed by atoms with E-state index in [1.54, 1.807) is 13.2 Å². The molecule has 0 bridgehead atoms. The third-order valence-electron chi connectivity index (χ3n) is 3.88. The van der Waals surface area contributed by atoms with E-state index in [0.717, 1.165) is 6.54 Å². The molecule has 1 fully saturated rings. The van der Waals surface area contributed by atoms with Crippen LogP contribution in [0.3, 0.4) is 0 Å². The SMILES string of the molecule is CCC(O)(Cc1cc(F)ccc1OC)C1CNCCO1.Cl. The van der Waals surface area contributed by atoms with Crippen LogP contribution in [-0.2, 0) is 11.2 Å². The Morgan fingerprint density at radius 1 is 1.52 bits per heavy atom. The Morgan fingerprint density at radius 2 is 2.29 bits per heavy atom. The molecule has 1 aliphatic heterocycles. The van der Waals surface area contributed by atoms with E-state index in [1.807, 2.05) is 6.92 Å². The first kappa shape index (κ1) is 18.2. The fraction of sp³-hybridized carbons (Fsp3) is 0.600. The molecule has 1 saturated heterocycles. The third kappa shape index (κ3) is 4.30. The van der Waals surface area contributed by atoms with Crippen LogP contribution >= 0.6 is 12.4 Å². The molecule has 4 nitrogen and oxygen atoms in total. The molecule has 0 aromatic heterocycles. The van der Waals surface area contributed by atoms with Gasteiger partial charge in [-0.05, 0) is 30.2 Å². The van der Waals surface area contributed by atoms with Crippen molar-refractivity contribution in [3.63, 3.8) is 0 Å². The zero-order valence-corrected chi connectivity index (χ0v) is 13.2. The lowest BCUT2D eigenvalue weighted by molar-refractivity contribution is -0.120. The molecule has 2 atom stereocenters. The molecule has 0 spiro atoms. The maximum atomic E-state index is 13.4. The van der Waals surface area contributed by atoms with Gasteiger partial charge in [0.2, 0.25) is 0 Å². The first-order valence-corrected chi connectivity index (χ1v) is 6.96. The summed E-state index contributed by atoms with van der Waals surface area (Å²) in [6, 6.07) is 4.35. The molecule has 1 aromatic carbocycles. The van der Waals surface area contributed by atoms with E-state index in [4.69, 9.17) is 9.47 Å². The van der Waals surface area contributed by atoms with E-state index < -0.39 is 5.60 Å². The number of aliphatic hydroxyl groups is 1. The van der Waals surface area contributed by atoms with Gasteiger partial charge in [0.05, 0.1) is 25.4 Å². The van der Waals surface area contributed by atoms with Crippen molar-refractivity contribution >= 4 is 12.4 Å². The van der Waals surface area contributed by atoms with Gasteiger partial charge in [-0.1, -0.05) is 6.92 Å². The molecular weight excluding hydrogens is 297 g/mol. The van der Waals surface area contributed by atoms with E-state index in [-0.39, 0.29) is 24.3 Å². The quantitative estimate of drug-likeness (QED) is 0.871. The molecule has 0 aliphatic carbocycles. The molecule has 0 saturated carbocycles. The lowest BCUT2D eigenvalue weighted by Gasteiger charge is -2.38. The average molecular weight is 320 g/mol. The van der Waals surface area contributed by atoms with Crippen molar-refractivity contribution in [2.75, 3.05) is 26.8 Å². The number of rotatable bonds is 5. The van der Waals surface area contributed by atoms with E-state index in [9.17, 15) is 9.50 Å². The number of hydrogen-bond donors (Lipinski definition) is 2. The largest absolute Gasteiger partial charge is 0.496 e. The number of morpholine rings is 1. The smallest absolute Gasteiger partial charge is 0.123 e. The minimum atomic E-state index is -1.03. The fourth-order valence-electron chi connectivity index (χ4n) is 2.59. The summed E-state index contributed by atoms with van der Waals surface area (Å²) < 4.78 is 24.3. The third-order valence-corrected chi connectivity index (χ3v) is 3.88. The highest BCUT2D eigenvalue weighted by atomic mass is 35.5. The van der Waals surface area contributed by atoms with Crippen molar-refractivity contribution < 1.29 is 19.0 Å². The predicted molar refractivity (Wildman–Crippen MR) is 81.8 cm³/mol. The first-order valence-electron chi connectivity index (χ1n) is 6.96. The van der Waals surface area contributed by atoms with Gasteiger partial charge in [-0.2, -0.15) is 0 Å². The molecular formula is C15H23ClFNO3. The topological polar surface area (TPSA) is 50.7 Å². The van der Waals surface area contributed by atoms with Gasteiger partial charge in [0.25, 0.3) is 0 Å². The fourth-order valence-corrected chi connectivity index (χ4v) is 2.59. The number of hydrogen-bond acceptors (Lipinski definition) is 4. The van der Waals surface area contributed by atoms with Crippen molar-refractivity contribution in [1.82, 2.24) is 5.32 Å². The molecule has 6 heteroatoms. The Kier molecular flexibility index (Phi) is 6.87. The summed E-state index contributed by atoms with van der Waals surface area (Å²) in [5.41, 5.74) is -0.375. The number of methoxy groups -OCH3 is 1. The van der Waals surface area contributed by atoms with Crippen LogP contribution in [0, 0.1) is 5.82 Å². The van der Waals surface area contributed by atoms with Crippen LogP contribution in [0.1, 0.15) is 18.9 Å². The summed E-state index contributed by atoms with van der Waals surface area (Å²) in [4.78, 5) is 0. The first-order chi connectivity index (χ1) is 9.59. The van der Waals surface area contributed by atoms with Crippen LogP contribution in [0.4, 0.5) is 4.39 Å². The minimum Gasteiger partial charge on any atom is -0.496 e. The summed E-state index contributed by atoms with van der Waals surface area (Å²) in [6.45, 7) is 3.87. The van der Waals surface area contributed by atoms with Crippen molar-refractivity contribution in [2.24, 2.45) is 0 Å².